The van der Waals surface area contributed by atoms with Gasteiger partial charge in [-0.2, -0.15) is 0 Å². The van der Waals surface area contributed by atoms with E-state index in [1.165, 1.54) is 9.75 Å². The molecule has 1 unspecified atom stereocenters. The summed E-state index contributed by atoms with van der Waals surface area (Å²) < 4.78 is 2.03. The number of nitrogens with zero attached hydrogens (tertiary/aromatic N) is 2. The van der Waals surface area contributed by atoms with Crippen LogP contribution in [0.3, 0.4) is 0 Å². The van der Waals surface area contributed by atoms with Gasteiger partial charge < -0.3 is 9.67 Å². The lowest BCUT2D eigenvalue weighted by molar-refractivity contribution is 0.168. The number of aryl methyl sites for hydroxylation is 1. The van der Waals surface area contributed by atoms with E-state index in [1.807, 2.05) is 4.57 Å². The van der Waals surface area contributed by atoms with Crippen LogP contribution in [-0.2, 0) is 12.8 Å². The Hall–Kier alpha value is -1.13. The molecule has 2 rings (SSSR count). The predicted molar refractivity (Wildman–Crippen MR) is 75.0 cm³/mol. The molecule has 2 aromatic rings. The second-order valence-electron chi connectivity index (χ2n) is 4.76. The first-order valence-electron chi connectivity index (χ1n) is 6.39. The van der Waals surface area contributed by atoms with Gasteiger partial charge in [0.05, 0.1) is 18.2 Å². The number of hydrogen-bond acceptors (Lipinski definition) is 3. The van der Waals surface area contributed by atoms with E-state index in [9.17, 15) is 5.11 Å². The second-order valence-corrected chi connectivity index (χ2v) is 6.01. The molecular formula is C14H20N2OS. The number of imidazole rings is 1. The van der Waals surface area contributed by atoms with E-state index < -0.39 is 6.10 Å². The Morgan fingerprint density at radius 1 is 1.33 bits per heavy atom. The average molecular weight is 264 g/mol. The van der Waals surface area contributed by atoms with Crippen molar-refractivity contribution in [2.45, 2.75) is 45.8 Å². The molecular weight excluding hydrogens is 244 g/mol. The van der Waals surface area contributed by atoms with Gasteiger partial charge in [-0.15, -0.1) is 11.3 Å². The molecule has 0 aliphatic carbocycles. The molecule has 2 aromatic heterocycles. The maximum absolute atomic E-state index is 10.3. The van der Waals surface area contributed by atoms with Crippen LogP contribution in [0.4, 0.5) is 0 Å². The van der Waals surface area contributed by atoms with Crippen molar-refractivity contribution in [1.29, 1.82) is 0 Å². The van der Waals surface area contributed by atoms with Crippen molar-refractivity contribution in [1.82, 2.24) is 9.55 Å². The summed E-state index contributed by atoms with van der Waals surface area (Å²) in [6, 6.07) is 4.58. The van der Waals surface area contributed by atoms with Crippen molar-refractivity contribution in [3.05, 3.63) is 40.1 Å². The molecule has 0 saturated heterocycles. The molecule has 3 nitrogen and oxygen atoms in total. The summed E-state index contributed by atoms with van der Waals surface area (Å²) in [4.78, 5) is 6.74. The van der Waals surface area contributed by atoms with Crippen LogP contribution in [-0.4, -0.2) is 14.7 Å². The molecule has 0 radical (unpaired) electrons. The fourth-order valence-electron chi connectivity index (χ4n) is 2.02. The number of aliphatic hydroxyl groups is 1. The Kier molecular flexibility index (Phi) is 4.19. The van der Waals surface area contributed by atoms with E-state index in [0.717, 1.165) is 12.1 Å². The molecule has 4 heteroatoms. The highest BCUT2D eigenvalue weighted by Gasteiger charge is 2.16. The summed E-state index contributed by atoms with van der Waals surface area (Å²) in [7, 11) is 0. The van der Waals surface area contributed by atoms with Crippen LogP contribution >= 0.6 is 11.3 Å². The van der Waals surface area contributed by atoms with E-state index >= 15 is 0 Å². The minimum absolute atomic E-state index is 0.326. The number of aliphatic hydroxyl groups excluding tert-OH is 1. The van der Waals surface area contributed by atoms with Crippen molar-refractivity contribution in [2.24, 2.45) is 0 Å². The zero-order chi connectivity index (χ0) is 13.1. The zero-order valence-electron chi connectivity index (χ0n) is 11.1. The lowest BCUT2D eigenvalue weighted by atomic mass is 10.1. The van der Waals surface area contributed by atoms with Gasteiger partial charge >= 0.3 is 0 Å². The van der Waals surface area contributed by atoms with Gasteiger partial charge in [0.2, 0.25) is 0 Å². The minimum Gasteiger partial charge on any atom is -0.386 e. The Labute approximate surface area is 112 Å². The highest BCUT2D eigenvalue weighted by atomic mass is 32.1. The van der Waals surface area contributed by atoms with Gasteiger partial charge in [-0.05, 0) is 32.4 Å². The van der Waals surface area contributed by atoms with Gasteiger partial charge in [0, 0.05) is 22.2 Å². The monoisotopic (exact) mass is 264 g/mol. The molecule has 1 N–H and O–H groups in total. The maximum Gasteiger partial charge on any atom is 0.100 e. The summed E-state index contributed by atoms with van der Waals surface area (Å²) in [6.45, 7) is 6.34. The third kappa shape index (κ3) is 2.82. The molecule has 0 aliphatic heterocycles. The van der Waals surface area contributed by atoms with Crippen molar-refractivity contribution in [3.63, 3.8) is 0 Å². The van der Waals surface area contributed by atoms with E-state index in [0.29, 0.717) is 12.5 Å². The smallest absolute Gasteiger partial charge is 0.100 e. The summed E-state index contributed by atoms with van der Waals surface area (Å²) in [5.74, 6) is 0. The number of thiophene rings is 1. The van der Waals surface area contributed by atoms with E-state index in [4.69, 9.17) is 0 Å². The average Bonchev–Trinajstić information content (AvgIpc) is 2.96. The largest absolute Gasteiger partial charge is 0.386 e. The summed E-state index contributed by atoms with van der Waals surface area (Å²) in [6.07, 6.45) is 4.81. The summed E-state index contributed by atoms with van der Waals surface area (Å²) >= 11 is 1.78. The lowest BCUT2D eigenvalue weighted by Gasteiger charge is -2.15. The maximum atomic E-state index is 10.3. The SMILES string of the molecule is CCc1ccc(CC(O)c2cncn2C(C)C)s1. The Morgan fingerprint density at radius 2 is 2.06 bits per heavy atom. The first-order valence-corrected chi connectivity index (χ1v) is 7.20. The quantitative estimate of drug-likeness (QED) is 0.899. The van der Waals surface area contributed by atoms with Crippen molar-refractivity contribution >= 4 is 11.3 Å². The van der Waals surface area contributed by atoms with Crippen LogP contribution in [0.5, 0.6) is 0 Å². The molecule has 0 spiro atoms. The predicted octanol–water partition coefficient (Wildman–Crippen LogP) is 3.36. The molecule has 0 fully saturated rings. The highest BCUT2D eigenvalue weighted by Crippen LogP contribution is 2.25. The van der Waals surface area contributed by atoms with Crippen molar-refractivity contribution in [3.8, 4) is 0 Å². The third-order valence-corrected chi connectivity index (χ3v) is 4.31. The number of rotatable bonds is 5. The first-order chi connectivity index (χ1) is 8.61. The normalized spacial score (nSPS) is 13.2. The van der Waals surface area contributed by atoms with Gasteiger partial charge in [-0.1, -0.05) is 6.92 Å². The number of hydrogen-bond donors (Lipinski definition) is 1. The minimum atomic E-state index is -0.474. The molecule has 0 amide bonds. The van der Waals surface area contributed by atoms with Gasteiger partial charge in [0.25, 0.3) is 0 Å². The van der Waals surface area contributed by atoms with Crippen molar-refractivity contribution < 1.29 is 5.11 Å². The Balaban J connectivity index is 2.11. The van der Waals surface area contributed by atoms with Gasteiger partial charge in [0.1, 0.15) is 6.10 Å². The number of aromatic nitrogens is 2. The van der Waals surface area contributed by atoms with Crippen LogP contribution in [0.25, 0.3) is 0 Å². The first kappa shape index (κ1) is 13.3. The fraction of sp³-hybridized carbons (Fsp3) is 0.500. The molecule has 0 bridgehead atoms. The molecule has 98 valence electrons. The molecule has 0 saturated carbocycles. The third-order valence-electron chi connectivity index (χ3n) is 3.05. The second kappa shape index (κ2) is 5.67. The van der Waals surface area contributed by atoms with Crippen LogP contribution in [0.1, 0.15) is 48.4 Å². The topological polar surface area (TPSA) is 38.1 Å². The summed E-state index contributed by atoms with van der Waals surface area (Å²) in [5.41, 5.74) is 0.899. The van der Waals surface area contributed by atoms with Crippen LogP contribution < -0.4 is 0 Å². The molecule has 2 heterocycles. The zero-order valence-corrected chi connectivity index (χ0v) is 11.9. The lowest BCUT2D eigenvalue weighted by Crippen LogP contribution is -2.10. The fourth-order valence-corrected chi connectivity index (χ4v) is 3.02. The Bertz CT molecular complexity index is 501. The van der Waals surface area contributed by atoms with Crippen LogP contribution in [0.15, 0.2) is 24.7 Å². The Morgan fingerprint density at radius 3 is 2.67 bits per heavy atom. The van der Waals surface area contributed by atoms with E-state index in [2.05, 4.69) is 37.9 Å². The van der Waals surface area contributed by atoms with Crippen LogP contribution in [0.2, 0.25) is 0 Å². The molecule has 18 heavy (non-hydrogen) atoms. The van der Waals surface area contributed by atoms with Crippen molar-refractivity contribution in [2.75, 3.05) is 0 Å². The van der Waals surface area contributed by atoms with Crippen LogP contribution in [0, 0.1) is 0 Å². The van der Waals surface area contributed by atoms with Gasteiger partial charge in [0.15, 0.2) is 0 Å². The van der Waals surface area contributed by atoms with Gasteiger partial charge in [-0.3, -0.25) is 0 Å². The molecule has 0 aromatic carbocycles. The highest BCUT2D eigenvalue weighted by molar-refractivity contribution is 7.11. The molecule has 0 aliphatic rings. The van der Waals surface area contributed by atoms with Gasteiger partial charge in [-0.25, -0.2) is 4.98 Å². The standard InChI is InChI=1S/C14H20N2OS/c1-4-11-5-6-12(18-11)7-14(17)13-8-15-9-16(13)10(2)3/h5-6,8-10,14,17H,4,7H2,1-3H3. The van der Waals surface area contributed by atoms with E-state index in [1.54, 1.807) is 23.9 Å². The summed E-state index contributed by atoms with van der Waals surface area (Å²) in [5, 5.41) is 10.3. The molecule has 1 atom stereocenters. The van der Waals surface area contributed by atoms with E-state index in [-0.39, 0.29) is 0 Å².